The highest BCUT2D eigenvalue weighted by molar-refractivity contribution is 6.30. The van der Waals surface area contributed by atoms with Crippen LogP contribution in [-0.2, 0) is 37.6 Å². The van der Waals surface area contributed by atoms with Crippen LogP contribution in [0.3, 0.4) is 0 Å². The highest BCUT2D eigenvalue weighted by Crippen LogP contribution is 2.59. The number of benzene rings is 3. The van der Waals surface area contributed by atoms with Crippen LogP contribution >= 0.6 is 11.6 Å². The van der Waals surface area contributed by atoms with Crippen molar-refractivity contribution in [3.63, 3.8) is 0 Å². The Bertz CT molecular complexity index is 1470. The van der Waals surface area contributed by atoms with Gasteiger partial charge in [0.2, 0.25) is 0 Å². The van der Waals surface area contributed by atoms with Gasteiger partial charge in [0.05, 0.1) is 12.2 Å². The van der Waals surface area contributed by atoms with Crippen molar-refractivity contribution in [3.05, 3.63) is 112 Å². The third-order valence-corrected chi connectivity index (χ3v) is 8.37. The van der Waals surface area contributed by atoms with Gasteiger partial charge in [0.15, 0.2) is 5.60 Å². The van der Waals surface area contributed by atoms with E-state index in [1.54, 1.807) is 4.90 Å². The van der Waals surface area contributed by atoms with Crippen molar-refractivity contribution in [1.29, 1.82) is 0 Å². The fraction of sp³-hybridized carbons (Fsp3) is 0.333. The molecule has 6 rings (SSSR count). The number of carbonyl (C=O) groups is 2. The van der Waals surface area contributed by atoms with E-state index in [0.717, 1.165) is 40.8 Å². The molecule has 40 heavy (non-hydrogen) atoms. The predicted octanol–water partition coefficient (Wildman–Crippen LogP) is 6.37. The standard InChI is InChI=1S/C33H33ClN2O4/c1-3-5-19-36-30(37)26(20-23-15-17-25(34)18-16-23)28-21-32(40-33(28,36)39-4-2)27-13-9-10-14-29(27)35(31(32)38)22-24-11-7-6-8-12-24/h6-18H,3-5,19-22H2,1-2H3/t32-,33+/m0/s1. The van der Waals surface area contributed by atoms with Crippen LogP contribution in [0.5, 0.6) is 0 Å². The summed E-state index contributed by atoms with van der Waals surface area (Å²) in [5, 5.41) is 0.641. The van der Waals surface area contributed by atoms with E-state index in [9.17, 15) is 9.59 Å². The molecule has 2 amide bonds. The first-order valence-corrected chi connectivity index (χ1v) is 14.4. The molecular formula is C33H33ClN2O4. The fourth-order valence-electron chi connectivity index (χ4n) is 6.26. The van der Waals surface area contributed by atoms with E-state index < -0.39 is 11.5 Å². The first kappa shape index (κ1) is 26.8. The first-order valence-electron chi connectivity index (χ1n) is 14.0. The van der Waals surface area contributed by atoms with Gasteiger partial charge in [0.25, 0.3) is 17.7 Å². The van der Waals surface area contributed by atoms with Gasteiger partial charge in [0, 0.05) is 47.7 Å². The van der Waals surface area contributed by atoms with Gasteiger partial charge < -0.3 is 14.4 Å². The largest absolute Gasteiger partial charge is 0.329 e. The summed E-state index contributed by atoms with van der Waals surface area (Å²) in [6, 6.07) is 25.3. The molecule has 0 saturated carbocycles. The second kappa shape index (κ2) is 10.5. The third kappa shape index (κ3) is 4.17. The number of para-hydroxylation sites is 1. The molecule has 1 fully saturated rings. The van der Waals surface area contributed by atoms with Crippen LogP contribution in [0.15, 0.2) is 90.0 Å². The summed E-state index contributed by atoms with van der Waals surface area (Å²) in [6.45, 7) is 5.22. The van der Waals surface area contributed by atoms with E-state index >= 15 is 0 Å². The number of hydrogen-bond acceptors (Lipinski definition) is 4. The maximum atomic E-state index is 14.5. The van der Waals surface area contributed by atoms with E-state index in [2.05, 4.69) is 6.92 Å². The second-order valence-corrected chi connectivity index (χ2v) is 11.0. The Morgan fingerprint density at radius 2 is 1.65 bits per heavy atom. The monoisotopic (exact) mass is 556 g/mol. The van der Waals surface area contributed by atoms with Gasteiger partial charge in [-0.15, -0.1) is 0 Å². The summed E-state index contributed by atoms with van der Waals surface area (Å²) in [5.41, 5.74) is 3.73. The van der Waals surface area contributed by atoms with E-state index in [1.807, 2.05) is 90.7 Å². The van der Waals surface area contributed by atoms with Gasteiger partial charge in [-0.1, -0.05) is 85.6 Å². The van der Waals surface area contributed by atoms with Gasteiger partial charge >= 0.3 is 0 Å². The van der Waals surface area contributed by atoms with Crippen LogP contribution in [0.2, 0.25) is 5.02 Å². The van der Waals surface area contributed by atoms with Crippen LogP contribution in [0, 0.1) is 0 Å². The van der Waals surface area contributed by atoms with Crippen molar-refractivity contribution in [1.82, 2.24) is 4.90 Å². The molecule has 3 aromatic rings. The number of rotatable bonds is 9. The lowest BCUT2D eigenvalue weighted by Crippen LogP contribution is -2.53. The van der Waals surface area contributed by atoms with Gasteiger partial charge in [-0.3, -0.25) is 14.5 Å². The lowest BCUT2D eigenvalue weighted by molar-refractivity contribution is -0.291. The first-order chi connectivity index (χ1) is 19.4. The van der Waals surface area contributed by atoms with E-state index in [-0.39, 0.29) is 18.2 Å². The number of carbonyl (C=O) groups excluding carboxylic acids is 2. The Morgan fingerprint density at radius 3 is 2.38 bits per heavy atom. The lowest BCUT2D eigenvalue weighted by Gasteiger charge is -2.38. The van der Waals surface area contributed by atoms with E-state index in [1.165, 1.54) is 0 Å². The molecular weight excluding hydrogens is 524 g/mol. The van der Waals surface area contributed by atoms with Crippen molar-refractivity contribution in [2.75, 3.05) is 18.1 Å². The molecule has 0 N–H and O–H groups in total. The molecule has 2 atom stereocenters. The average molecular weight is 557 g/mol. The SMILES string of the molecule is CCCCN1C(=O)C(Cc2ccc(Cl)cc2)=C2C[C@@]3(O[C@]21OCC)C(=O)N(Cc1ccccc1)c1ccccc13. The maximum Gasteiger partial charge on any atom is 0.280 e. The summed E-state index contributed by atoms with van der Waals surface area (Å²) in [5.74, 6) is -1.65. The van der Waals surface area contributed by atoms with Crippen molar-refractivity contribution in [2.24, 2.45) is 0 Å². The number of fused-ring (bicyclic) bond motifs is 3. The van der Waals surface area contributed by atoms with Gasteiger partial charge in [-0.05, 0) is 42.7 Å². The Labute approximate surface area is 240 Å². The predicted molar refractivity (Wildman–Crippen MR) is 155 cm³/mol. The Morgan fingerprint density at radius 1 is 0.925 bits per heavy atom. The van der Waals surface area contributed by atoms with Crippen LogP contribution in [0.1, 0.15) is 49.8 Å². The van der Waals surface area contributed by atoms with Crippen LogP contribution in [0.25, 0.3) is 0 Å². The van der Waals surface area contributed by atoms with Gasteiger partial charge in [0.1, 0.15) is 0 Å². The van der Waals surface area contributed by atoms with E-state index in [0.29, 0.717) is 36.7 Å². The highest BCUT2D eigenvalue weighted by Gasteiger charge is 2.69. The number of anilines is 1. The zero-order chi connectivity index (χ0) is 27.9. The van der Waals surface area contributed by atoms with Crippen LogP contribution in [0.4, 0.5) is 5.69 Å². The molecule has 0 aromatic heterocycles. The number of ether oxygens (including phenoxy) is 2. The Kier molecular flexibility index (Phi) is 7.03. The number of hydrogen-bond donors (Lipinski definition) is 0. The molecule has 0 aliphatic carbocycles. The minimum absolute atomic E-state index is 0.0958. The van der Waals surface area contributed by atoms with Gasteiger partial charge in [-0.2, -0.15) is 0 Å². The smallest absolute Gasteiger partial charge is 0.280 e. The molecule has 1 spiro atoms. The lowest BCUT2D eigenvalue weighted by atomic mass is 9.88. The topological polar surface area (TPSA) is 59.1 Å². The van der Waals surface area contributed by atoms with Crippen molar-refractivity contribution in [3.8, 4) is 0 Å². The second-order valence-electron chi connectivity index (χ2n) is 10.6. The summed E-state index contributed by atoms with van der Waals surface area (Å²) >= 11 is 6.14. The number of unbranched alkanes of at least 4 members (excludes halogenated alkanes) is 1. The van der Waals surface area contributed by atoms with E-state index in [4.69, 9.17) is 21.1 Å². The number of halogens is 1. The molecule has 0 bridgehead atoms. The Balaban J connectivity index is 1.48. The van der Waals surface area contributed by atoms with Crippen LogP contribution in [-0.4, -0.2) is 35.8 Å². The summed E-state index contributed by atoms with van der Waals surface area (Å²) < 4.78 is 13.4. The molecule has 0 unspecified atom stereocenters. The number of amides is 2. The maximum absolute atomic E-state index is 14.5. The zero-order valence-electron chi connectivity index (χ0n) is 22.9. The molecule has 0 radical (unpaired) electrons. The Hall–Kier alpha value is -3.45. The van der Waals surface area contributed by atoms with Crippen LogP contribution < -0.4 is 4.90 Å². The summed E-state index contributed by atoms with van der Waals surface area (Å²) in [4.78, 5) is 32.0. The molecule has 7 heteroatoms. The highest BCUT2D eigenvalue weighted by atomic mass is 35.5. The molecule has 3 heterocycles. The average Bonchev–Trinajstić information content (AvgIpc) is 3.49. The quantitative estimate of drug-likeness (QED) is 0.307. The fourth-order valence-corrected chi connectivity index (χ4v) is 6.39. The summed E-state index contributed by atoms with van der Waals surface area (Å²) in [7, 11) is 0. The molecule has 3 aliphatic rings. The molecule has 3 aliphatic heterocycles. The molecule has 3 aromatic carbocycles. The van der Waals surface area contributed by atoms with Crippen molar-refractivity contribution in [2.45, 2.75) is 57.6 Å². The minimum Gasteiger partial charge on any atom is -0.329 e. The molecule has 1 saturated heterocycles. The minimum atomic E-state index is -1.42. The normalized spacial score (nSPS) is 23.5. The molecule has 6 nitrogen and oxygen atoms in total. The van der Waals surface area contributed by atoms with Crippen molar-refractivity contribution >= 4 is 29.1 Å². The zero-order valence-corrected chi connectivity index (χ0v) is 23.6. The third-order valence-electron chi connectivity index (χ3n) is 8.12. The van der Waals surface area contributed by atoms with Crippen molar-refractivity contribution < 1.29 is 19.1 Å². The molecule has 206 valence electrons. The summed E-state index contributed by atoms with van der Waals surface area (Å²) in [6.07, 6.45) is 2.37. The number of nitrogens with zero attached hydrogens (tertiary/aromatic N) is 2. The van der Waals surface area contributed by atoms with Gasteiger partial charge in [-0.25, -0.2) is 0 Å².